The Balaban J connectivity index is 1.37. The Labute approximate surface area is 207 Å². The number of fused-ring (bicyclic) bond motifs is 1. The molecule has 3 aromatic rings. The van der Waals surface area contributed by atoms with E-state index >= 15 is 0 Å². The Kier molecular flexibility index (Phi) is 6.99. The number of imidazole rings is 1. The Bertz CT molecular complexity index is 1210. The largest absolute Gasteiger partial charge is 0.379 e. The van der Waals surface area contributed by atoms with Gasteiger partial charge in [-0.05, 0) is 42.3 Å². The van der Waals surface area contributed by atoms with Gasteiger partial charge in [0.05, 0.1) is 49.4 Å². The molecule has 8 nitrogen and oxygen atoms in total. The van der Waals surface area contributed by atoms with E-state index in [0.29, 0.717) is 56.4 Å². The number of rotatable bonds is 5. The number of ether oxygens (including phenoxy) is 1. The Morgan fingerprint density at radius 3 is 2.83 bits per heavy atom. The third-order valence-electron chi connectivity index (χ3n) is 6.71. The predicted octanol–water partition coefficient (Wildman–Crippen LogP) is 2.57. The first-order valence-electron chi connectivity index (χ1n) is 11.7. The van der Waals surface area contributed by atoms with E-state index in [1.165, 1.54) is 12.1 Å². The molecule has 2 saturated heterocycles. The lowest BCUT2D eigenvalue weighted by Crippen LogP contribution is -2.55. The van der Waals surface area contributed by atoms with Crippen molar-refractivity contribution in [3.63, 3.8) is 0 Å². The Hall–Kier alpha value is -3.01. The molecule has 0 unspecified atom stereocenters. The van der Waals surface area contributed by atoms with Crippen molar-refractivity contribution >= 4 is 28.9 Å². The third kappa shape index (κ3) is 5.32. The highest BCUT2D eigenvalue weighted by Crippen LogP contribution is 2.32. The summed E-state index contributed by atoms with van der Waals surface area (Å²) in [6.45, 7) is 3.62. The molecule has 0 bridgehead atoms. The summed E-state index contributed by atoms with van der Waals surface area (Å²) in [7, 11) is 0. The summed E-state index contributed by atoms with van der Waals surface area (Å²) in [5.41, 5.74) is 2.00. The normalized spacial score (nSPS) is 21.3. The second-order valence-electron chi connectivity index (χ2n) is 9.02. The van der Waals surface area contributed by atoms with Gasteiger partial charge in [0.1, 0.15) is 5.82 Å². The first-order chi connectivity index (χ1) is 17.0. The molecule has 2 atom stereocenters. The summed E-state index contributed by atoms with van der Waals surface area (Å²) in [5, 5.41) is 3.43. The zero-order valence-electron chi connectivity index (χ0n) is 19.2. The molecule has 2 amide bonds. The maximum atomic E-state index is 14.2. The lowest BCUT2D eigenvalue weighted by molar-refractivity contribution is -0.124. The van der Waals surface area contributed by atoms with Crippen molar-refractivity contribution in [1.82, 2.24) is 24.5 Å². The van der Waals surface area contributed by atoms with Crippen LogP contribution in [0.5, 0.6) is 0 Å². The smallest absolute Gasteiger partial charge is 0.256 e. The highest BCUT2D eigenvalue weighted by atomic mass is 35.5. The van der Waals surface area contributed by atoms with Gasteiger partial charge in [0, 0.05) is 43.3 Å². The van der Waals surface area contributed by atoms with Crippen molar-refractivity contribution in [2.75, 3.05) is 45.9 Å². The van der Waals surface area contributed by atoms with E-state index < -0.39 is 5.82 Å². The van der Waals surface area contributed by atoms with E-state index in [1.54, 1.807) is 34.0 Å². The van der Waals surface area contributed by atoms with Crippen molar-refractivity contribution in [3.05, 3.63) is 71.0 Å². The van der Waals surface area contributed by atoms with Gasteiger partial charge in [-0.25, -0.2) is 9.37 Å². The standard InChI is InChI=1S/C25H27ClFN5O3/c26-18-10-17(11-19(27)12-18)20-3-5-31(25(34)21-2-1-4-32-16-28-13-23(21)32)14-22(20)29-24(33)15-30-6-8-35-9-7-30/h1-2,4,10-13,16,20,22H,3,5-9,14-15H2,(H,29,33)/t20-,22+/m0/s1. The minimum Gasteiger partial charge on any atom is -0.379 e. The molecule has 5 rings (SSSR count). The first-order valence-corrected chi connectivity index (χ1v) is 12.1. The number of piperidine rings is 1. The summed E-state index contributed by atoms with van der Waals surface area (Å²) in [6.07, 6.45) is 5.72. The summed E-state index contributed by atoms with van der Waals surface area (Å²) < 4.78 is 21.3. The second-order valence-corrected chi connectivity index (χ2v) is 9.46. The van der Waals surface area contributed by atoms with Gasteiger partial charge in [-0.15, -0.1) is 0 Å². The van der Waals surface area contributed by atoms with E-state index in [1.807, 2.05) is 17.2 Å². The number of hydrogen-bond acceptors (Lipinski definition) is 5. The molecule has 184 valence electrons. The van der Waals surface area contributed by atoms with Crippen molar-refractivity contribution < 1.29 is 18.7 Å². The molecule has 0 aliphatic carbocycles. The monoisotopic (exact) mass is 499 g/mol. The van der Waals surface area contributed by atoms with Crippen LogP contribution in [-0.2, 0) is 9.53 Å². The van der Waals surface area contributed by atoms with E-state index in [0.717, 1.165) is 11.1 Å². The molecule has 2 aromatic heterocycles. The quantitative estimate of drug-likeness (QED) is 0.584. The zero-order chi connectivity index (χ0) is 24.4. The predicted molar refractivity (Wildman–Crippen MR) is 129 cm³/mol. The molecule has 2 aliphatic heterocycles. The number of carbonyl (C=O) groups excluding carboxylic acids is 2. The first kappa shape index (κ1) is 23.7. The minimum absolute atomic E-state index is 0.126. The Morgan fingerprint density at radius 2 is 2.03 bits per heavy atom. The van der Waals surface area contributed by atoms with Crippen LogP contribution in [0, 0.1) is 5.82 Å². The van der Waals surface area contributed by atoms with Crippen LogP contribution in [0.1, 0.15) is 28.3 Å². The number of halogens is 2. The number of nitrogens with zero attached hydrogens (tertiary/aromatic N) is 4. The maximum absolute atomic E-state index is 14.2. The second kappa shape index (κ2) is 10.3. The molecule has 1 aromatic carbocycles. The van der Waals surface area contributed by atoms with Crippen LogP contribution < -0.4 is 5.32 Å². The van der Waals surface area contributed by atoms with Crippen LogP contribution in [0.2, 0.25) is 5.02 Å². The fraction of sp³-hybridized carbons (Fsp3) is 0.400. The molecule has 35 heavy (non-hydrogen) atoms. The topological polar surface area (TPSA) is 79.2 Å². The number of amides is 2. The van der Waals surface area contributed by atoms with Crippen LogP contribution in [0.15, 0.2) is 49.1 Å². The van der Waals surface area contributed by atoms with Crippen molar-refractivity contribution in [3.8, 4) is 0 Å². The van der Waals surface area contributed by atoms with Crippen LogP contribution in [0.3, 0.4) is 0 Å². The van der Waals surface area contributed by atoms with Crippen molar-refractivity contribution in [2.24, 2.45) is 0 Å². The molecule has 0 spiro atoms. The highest BCUT2D eigenvalue weighted by molar-refractivity contribution is 6.30. The zero-order valence-corrected chi connectivity index (χ0v) is 20.0. The minimum atomic E-state index is -0.420. The van der Waals surface area contributed by atoms with Crippen LogP contribution in [0.4, 0.5) is 4.39 Å². The van der Waals surface area contributed by atoms with Crippen LogP contribution in [0.25, 0.3) is 5.52 Å². The fourth-order valence-corrected chi connectivity index (χ4v) is 5.22. The average Bonchev–Trinajstić information content (AvgIpc) is 3.32. The summed E-state index contributed by atoms with van der Waals surface area (Å²) in [4.78, 5) is 34.4. The van der Waals surface area contributed by atoms with Crippen LogP contribution >= 0.6 is 11.6 Å². The maximum Gasteiger partial charge on any atom is 0.256 e. The van der Waals surface area contributed by atoms with Gasteiger partial charge in [-0.1, -0.05) is 11.6 Å². The molecule has 10 heteroatoms. The van der Waals surface area contributed by atoms with E-state index in [-0.39, 0.29) is 30.3 Å². The van der Waals surface area contributed by atoms with Gasteiger partial charge in [0.15, 0.2) is 0 Å². The number of carbonyl (C=O) groups is 2. The number of nitrogens with one attached hydrogen (secondary N) is 1. The molecular formula is C25H27ClFN5O3. The number of hydrogen-bond donors (Lipinski definition) is 1. The number of morpholine rings is 1. The van der Waals surface area contributed by atoms with Crippen LogP contribution in [-0.4, -0.2) is 83.0 Å². The molecule has 0 saturated carbocycles. The number of aromatic nitrogens is 2. The number of likely N-dealkylation sites (tertiary alicyclic amines) is 1. The molecular weight excluding hydrogens is 473 g/mol. The SMILES string of the molecule is O=C(CN1CCOCC1)N[C@@H]1CN(C(=O)c2cccn3cncc23)CC[C@H]1c1cc(F)cc(Cl)c1. The van der Waals surface area contributed by atoms with Gasteiger partial charge in [0.25, 0.3) is 5.91 Å². The van der Waals surface area contributed by atoms with Crippen molar-refractivity contribution in [2.45, 2.75) is 18.4 Å². The van der Waals surface area contributed by atoms with Gasteiger partial charge in [-0.2, -0.15) is 0 Å². The van der Waals surface area contributed by atoms with E-state index in [2.05, 4.69) is 10.3 Å². The van der Waals surface area contributed by atoms with Gasteiger partial charge in [-0.3, -0.25) is 14.5 Å². The molecule has 1 N–H and O–H groups in total. The van der Waals surface area contributed by atoms with E-state index in [9.17, 15) is 14.0 Å². The summed E-state index contributed by atoms with van der Waals surface area (Å²) in [6, 6.07) is 7.67. The average molecular weight is 500 g/mol. The number of pyridine rings is 1. The van der Waals surface area contributed by atoms with Gasteiger partial charge >= 0.3 is 0 Å². The molecule has 4 heterocycles. The lowest BCUT2D eigenvalue weighted by atomic mass is 9.84. The lowest BCUT2D eigenvalue weighted by Gasteiger charge is -2.39. The van der Waals surface area contributed by atoms with E-state index in [4.69, 9.17) is 16.3 Å². The van der Waals surface area contributed by atoms with Crippen molar-refractivity contribution in [1.29, 1.82) is 0 Å². The number of benzene rings is 1. The molecule has 0 radical (unpaired) electrons. The highest BCUT2D eigenvalue weighted by Gasteiger charge is 2.35. The van der Waals surface area contributed by atoms with Gasteiger partial charge in [0.2, 0.25) is 5.91 Å². The van der Waals surface area contributed by atoms with Gasteiger partial charge < -0.3 is 19.4 Å². The fourth-order valence-electron chi connectivity index (χ4n) is 4.99. The summed E-state index contributed by atoms with van der Waals surface area (Å²) >= 11 is 6.14. The summed E-state index contributed by atoms with van der Waals surface area (Å²) in [5.74, 6) is -0.848. The Morgan fingerprint density at radius 1 is 1.20 bits per heavy atom. The molecule has 2 aliphatic rings. The molecule has 2 fully saturated rings. The third-order valence-corrected chi connectivity index (χ3v) is 6.93.